The third-order valence-corrected chi connectivity index (χ3v) is 2.36. The van der Waals surface area contributed by atoms with Crippen LogP contribution in [0.1, 0.15) is 32.4 Å². The fourth-order valence-corrected chi connectivity index (χ4v) is 1.42. The van der Waals surface area contributed by atoms with Crippen molar-refractivity contribution in [3.05, 3.63) is 47.3 Å². The molecule has 0 fully saturated rings. The van der Waals surface area contributed by atoms with Gasteiger partial charge in [-0.2, -0.15) is 0 Å². The second-order valence-electron chi connectivity index (χ2n) is 3.71. The molecule has 0 bridgehead atoms. The van der Waals surface area contributed by atoms with E-state index in [1.165, 1.54) is 18.4 Å². The molecule has 6 nitrogen and oxygen atoms in total. The summed E-state index contributed by atoms with van der Waals surface area (Å²) in [6, 6.07) is 4.71. The zero-order valence-corrected chi connectivity index (χ0v) is 9.94. The van der Waals surface area contributed by atoms with E-state index in [4.69, 9.17) is 8.83 Å². The van der Waals surface area contributed by atoms with Gasteiger partial charge in [0.2, 0.25) is 0 Å². The van der Waals surface area contributed by atoms with Crippen LogP contribution < -0.4 is 10.9 Å². The van der Waals surface area contributed by atoms with Crippen LogP contribution in [0.15, 0.2) is 33.3 Å². The number of rotatable bonds is 2. The molecule has 2 amide bonds. The van der Waals surface area contributed by atoms with E-state index in [0.717, 1.165) is 0 Å². The van der Waals surface area contributed by atoms with Crippen molar-refractivity contribution in [2.24, 2.45) is 0 Å². The molecule has 94 valence electrons. The van der Waals surface area contributed by atoms with E-state index in [9.17, 15) is 9.59 Å². The smallest absolute Gasteiger partial charge is 0.305 e. The second-order valence-corrected chi connectivity index (χ2v) is 3.71. The number of carbonyl (C=O) groups is 2. The van der Waals surface area contributed by atoms with E-state index in [1.54, 1.807) is 19.9 Å². The number of aryl methyl sites for hydroxylation is 2. The van der Waals surface area contributed by atoms with Crippen molar-refractivity contribution in [2.45, 2.75) is 13.8 Å². The molecule has 2 aromatic rings. The van der Waals surface area contributed by atoms with E-state index in [0.29, 0.717) is 17.1 Å². The Hall–Kier alpha value is -2.50. The Kier molecular flexibility index (Phi) is 3.18. The quantitative estimate of drug-likeness (QED) is 0.790. The van der Waals surface area contributed by atoms with E-state index in [-0.39, 0.29) is 5.76 Å². The lowest BCUT2D eigenvalue weighted by molar-refractivity contribution is 0.0829. The number of hydrazine groups is 1. The highest BCUT2D eigenvalue weighted by Crippen LogP contribution is 2.08. The second kappa shape index (κ2) is 4.79. The number of furan rings is 2. The van der Waals surface area contributed by atoms with Crippen molar-refractivity contribution in [3.8, 4) is 0 Å². The Balaban J connectivity index is 1.94. The summed E-state index contributed by atoms with van der Waals surface area (Å²) in [5.74, 6) is 0.278. The van der Waals surface area contributed by atoms with Crippen LogP contribution in [0.3, 0.4) is 0 Å². The first-order valence-electron chi connectivity index (χ1n) is 5.29. The Morgan fingerprint density at radius 1 is 1.06 bits per heavy atom. The van der Waals surface area contributed by atoms with Crippen molar-refractivity contribution in [3.63, 3.8) is 0 Å². The van der Waals surface area contributed by atoms with E-state index >= 15 is 0 Å². The normalized spacial score (nSPS) is 10.1. The molecule has 0 aliphatic rings. The van der Waals surface area contributed by atoms with Gasteiger partial charge in [-0.1, -0.05) is 0 Å². The zero-order valence-electron chi connectivity index (χ0n) is 9.94. The van der Waals surface area contributed by atoms with Crippen molar-refractivity contribution in [1.29, 1.82) is 0 Å². The van der Waals surface area contributed by atoms with E-state index in [2.05, 4.69) is 10.9 Å². The van der Waals surface area contributed by atoms with Gasteiger partial charge in [-0.05, 0) is 32.0 Å². The maximum Gasteiger partial charge on any atom is 0.305 e. The highest BCUT2D eigenvalue weighted by atomic mass is 16.4. The summed E-state index contributed by atoms with van der Waals surface area (Å²) in [6.45, 7) is 3.39. The van der Waals surface area contributed by atoms with Gasteiger partial charge in [0.25, 0.3) is 5.91 Å². The van der Waals surface area contributed by atoms with Crippen LogP contribution in [0, 0.1) is 13.8 Å². The van der Waals surface area contributed by atoms with Gasteiger partial charge in [0, 0.05) is 0 Å². The maximum absolute atomic E-state index is 11.7. The largest absolute Gasteiger partial charge is 0.469 e. The average Bonchev–Trinajstić information content (AvgIpc) is 2.94. The lowest BCUT2D eigenvalue weighted by Crippen LogP contribution is -2.41. The zero-order chi connectivity index (χ0) is 13.1. The summed E-state index contributed by atoms with van der Waals surface area (Å²) in [7, 11) is 0. The van der Waals surface area contributed by atoms with Crippen molar-refractivity contribution >= 4 is 11.8 Å². The fourth-order valence-electron chi connectivity index (χ4n) is 1.42. The van der Waals surface area contributed by atoms with Gasteiger partial charge < -0.3 is 8.83 Å². The molecule has 2 aromatic heterocycles. The van der Waals surface area contributed by atoms with Gasteiger partial charge >= 0.3 is 5.91 Å². The first-order chi connectivity index (χ1) is 8.58. The Labute approximate surface area is 103 Å². The minimum atomic E-state index is -0.516. The van der Waals surface area contributed by atoms with Gasteiger partial charge in [-0.25, -0.2) is 0 Å². The summed E-state index contributed by atoms with van der Waals surface area (Å²) in [5.41, 5.74) is 4.90. The van der Waals surface area contributed by atoms with Gasteiger partial charge in [-0.3, -0.25) is 20.4 Å². The fraction of sp³-hybridized carbons (Fsp3) is 0.167. The molecule has 6 heteroatoms. The SMILES string of the molecule is Cc1ccc(C(=O)NNC(=O)c2ccoc2C)o1. The van der Waals surface area contributed by atoms with Crippen LogP contribution in [-0.4, -0.2) is 11.8 Å². The van der Waals surface area contributed by atoms with Crippen LogP contribution in [0.4, 0.5) is 0 Å². The van der Waals surface area contributed by atoms with Crippen LogP contribution >= 0.6 is 0 Å². The topological polar surface area (TPSA) is 84.5 Å². The molecule has 2 N–H and O–H groups in total. The first-order valence-corrected chi connectivity index (χ1v) is 5.29. The number of nitrogens with one attached hydrogen (secondary N) is 2. The standard InChI is InChI=1S/C12H12N2O4/c1-7-3-4-10(18-7)12(16)14-13-11(15)9-5-6-17-8(9)2/h3-6H,1-2H3,(H,13,15)(H,14,16). The van der Waals surface area contributed by atoms with Crippen LogP contribution in [0.5, 0.6) is 0 Å². The maximum atomic E-state index is 11.7. The lowest BCUT2D eigenvalue weighted by atomic mass is 10.2. The molecule has 0 unspecified atom stereocenters. The molecule has 0 aliphatic heterocycles. The molecule has 0 saturated heterocycles. The molecule has 0 aliphatic carbocycles. The van der Waals surface area contributed by atoms with Gasteiger partial charge in [-0.15, -0.1) is 0 Å². The first kappa shape index (κ1) is 12.0. The molecule has 0 aromatic carbocycles. The van der Waals surface area contributed by atoms with Crippen LogP contribution in [-0.2, 0) is 0 Å². The van der Waals surface area contributed by atoms with Gasteiger partial charge in [0.1, 0.15) is 11.5 Å². The van der Waals surface area contributed by atoms with Gasteiger partial charge in [0.15, 0.2) is 5.76 Å². The van der Waals surface area contributed by atoms with Crippen molar-refractivity contribution in [1.82, 2.24) is 10.9 Å². The van der Waals surface area contributed by atoms with Crippen LogP contribution in [0.25, 0.3) is 0 Å². The van der Waals surface area contributed by atoms with E-state index in [1.807, 2.05) is 0 Å². The minimum absolute atomic E-state index is 0.136. The summed E-state index contributed by atoms with van der Waals surface area (Å²) in [6.07, 6.45) is 1.40. The molecule has 2 heterocycles. The molecule has 2 rings (SSSR count). The number of hydrogen-bond donors (Lipinski definition) is 2. The van der Waals surface area contributed by atoms with Crippen LogP contribution in [0.2, 0.25) is 0 Å². The highest BCUT2D eigenvalue weighted by Gasteiger charge is 2.14. The molecular weight excluding hydrogens is 236 g/mol. The molecule has 0 atom stereocenters. The molecule has 18 heavy (non-hydrogen) atoms. The van der Waals surface area contributed by atoms with Crippen molar-refractivity contribution in [2.75, 3.05) is 0 Å². The number of hydrogen-bond acceptors (Lipinski definition) is 4. The van der Waals surface area contributed by atoms with Crippen molar-refractivity contribution < 1.29 is 18.4 Å². The molecule has 0 spiro atoms. The Bertz CT molecular complexity index is 582. The Morgan fingerprint density at radius 3 is 2.33 bits per heavy atom. The third kappa shape index (κ3) is 2.42. The monoisotopic (exact) mass is 248 g/mol. The number of amides is 2. The molecule has 0 radical (unpaired) electrons. The van der Waals surface area contributed by atoms with E-state index < -0.39 is 11.8 Å². The average molecular weight is 248 g/mol. The summed E-state index contributed by atoms with van der Waals surface area (Å²) in [5, 5.41) is 0. The third-order valence-electron chi connectivity index (χ3n) is 2.36. The summed E-state index contributed by atoms with van der Waals surface area (Å²) in [4.78, 5) is 23.2. The van der Waals surface area contributed by atoms with Gasteiger partial charge in [0.05, 0.1) is 11.8 Å². The number of carbonyl (C=O) groups excluding carboxylic acids is 2. The lowest BCUT2D eigenvalue weighted by Gasteiger charge is -2.04. The predicted molar refractivity (Wildman–Crippen MR) is 61.8 cm³/mol. The molecule has 0 saturated carbocycles. The minimum Gasteiger partial charge on any atom is -0.469 e. The predicted octanol–water partition coefficient (Wildman–Crippen LogP) is 1.56. The molecular formula is C12H12N2O4. The Morgan fingerprint density at radius 2 is 1.78 bits per heavy atom. The highest BCUT2D eigenvalue weighted by molar-refractivity contribution is 5.98. The summed E-state index contributed by atoms with van der Waals surface area (Å²) >= 11 is 0. The summed E-state index contributed by atoms with van der Waals surface area (Å²) < 4.78 is 10.1.